The lowest BCUT2D eigenvalue weighted by Gasteiger charge is -2.40. The average Bonchev–Trinajstić information content (AvgIpc) is 3.38. The maximum absolute atomic E-state index is 13.3. The second-order valence-electron chi connectivity index (χ2n) is 6.84. The van der Waals surface area contributed by atoms with Crippen molar-refractivity contribution < 1.29 is 8.42 Å². The summed E-state index contributed by atoms with van der Waals surface area (Å²) in [4.78, 5) is 3.58. The average molecular weight is 377 g/mol. The van der Waals surface area contributed by atoms with Crippen LogP contribution in [0.3, 0.4) is 0 Å². The summed E-state index contributed by atoms with van der Waals surface area (Å²) in [5.41, 5.74) is 1.09. The van der Waals surface area contributed by atoms with Gasteiger partial charge in [0.25, 0.3) is 10.0 Å². The Kier molecular flexibility index (Phi) is 4.71. The standard InChI is InChI=1S/C19H24N2O2S2/c1-2-17-10-11-19(24-17)25(22,23)21-13-12-20(16-8-9-16)14-18(21)15-6-4-3-5-7-15/h3-7,10-11,16,18H,2,8-9,12-14H2,1H3. The highest BCUT2D eigenvalue weighted by atomic mass is 32.2. The predicted octanol–water partition coefficient (Wildman–Crippen LogP) is 3.52. The van der Waals surface area contributed by atoms with Crippen LogP contribution in [0.15, 0.2) is 46.7 Å². The molecule has 2 aromatic rings. The quantitative estimate of drug-likeness (QED) is 0.802. The van der Waals surface area contributed by atoms with Crippen molar-refractivity contribution in [1.29, 1.82) is 0 Å². The number of rotatable bonds is 5. The third-order valence-electron chi connectivity index (χ3n) is 5.16. The van der Waals surface area contributed by atoms with Crippen LogP contribution >= 0.6 is 11.3 Å². The van der Waals surface area contributed by atoms with Gasteiger partial charge in [-0.3, -0.25) is 4.90 Å². The number of piperazine rings is 1. The fourth-order valence-corrected chi connectivity index (χ4v) is 6.62. The third-order valence-corrected chi connectivity index (χ3v) is 8.76. The van der Waals surface area contributed by atoms with Gasteiger partial charge in [0.2, 0.25) is 0 Å². The summed E-state index contributed by atoms with van der Waals surface area (Å²) in [7, 11) is -3.45. The van der Waals surface area contributed by atoms with E-state index in [0.717, 1.165) is 30.0 Å². The molecule has 0 bridgehead atoms. The number of hydrogen-bond donors (Lipinski definition) is 0. The second-order valence-corrected chi connectivity index (χ2v) is 10.1. The monoisotopic (exact) mass is 376 g/mol. The summed E-state index contributed by atoms with van der Waals surface area (Å²) in [6.45, 7) is 4.25. The Morgan fingerprint density at radius 3 is 2.48 bits per heavy atom. The maximum Gasteiger partial charge on any atom is 0.253 e. The van der Waals surface area contributed by atoms with E-state index in [0.29, 0.717) is 16.8 Å². The van der Waals surface area contributed by atoms with E-state index in [-0.39, 0.29) is 6.04 Å². The molecule has 4 nitrogen and oxygen atoms in total. The van der Waals surface area contributed by atoms with Crippen molar-refractivity contribution in [2.45, 2.75) is 42.5 Å². The molecule has 2 heterocycles. The van der Waals surface area contributed by atoms with Gasteiger partial charge in [-0.05, 0) is 37.0 Å². The summed E-state index contributed by atoms with van der Waals surface area (Å²) in [6, 6.07) is 14.3. The molecule has 1 saturated carbocycles. The summed E-state index contributed by atoms with van der Waals surface area (Å²) < 4.78 is 28.8. The molecule has 1 unspecified atom stereocenters. The van der Waals surface area contributed by atoms with E-state index in [1.165, 1.54) is 24.2 Å². The zero-order valence-electron chi connectivity index (χ0n) is 14.5. The van der Waals surface area contributed by atoms with Gasteiger partial charge in [-0.1, -0.05) is 37.3 Å². The van der Waals surface area contributed by atoms with Gasteiger partial charge < -0.3 is 0 Å². The van der Waals surface area contributed by atoms with E-state index >= 15 is 0 Å². The third kappa shape index (κ3) is 3.40. The highest BCUT2D eigenvalue weighted by Gasteiger charge is 2.41. The van der Waals surface area contributed by atoms with E-state index < -0.39 is 10.0 Å². The van der Waals surface area contributed by atoms with Crippen LogP contribution in [0.2, 0.25) is 0 Å². The van der Waals surface area contributed by atoms with Crippen LogP contribution in [0.25, 0.3) is 0 Å². The molecule has 1 aromatic heterocycles. The first-order valence-electron chi connectivity index (χ1n) is 8.99. The first-order chi connectivity index (χ1) is 12.1. The molecule has 0 spiro atoms. The van der Waals surface area contributed by atoms with Gasteiger partial charge in [0.05, 0.1) is 6.04 Å². The van der Waals surface area contributed by atoms with Crippen LogP contribution in [0.4, 0.5) is 0 Å². The molecule has 0 N–H and O–H groups in total. The lowest BCUT2D eigenvalue weighted by atomic mass is 10.0. The van der Waals surface area contributed by atoms with E-state index in [2.05, 4.69) is 24.0 Å². The first-order valence-corrected chi connectivity index (χ1v) is 11.2. The number of nitrogens with zero attached hydrogens (tertiary/aromatic N) is 2. The fraction of sp³-hybridized carbons (Fsp3) is 0.474. The normalized spacial score (nSPS) is 23.0. The van der Waals surface area contributed by atoms with E-state index in [1.807, 2.05) is 24.3 Å². The van der Waals surface area contributed by atoms with Gasteiger partial charge in [-0.25, -0.2) is 8.42 Å². The molecule has 1 aliphatic heterocycles. The molecular weight excluding hydrogens is 352 g/mol. The summed E-state index contributed by atoms with van der Waals surface area (Å²) in [5, 5.41) is 0. The van der Waals surface area contributed by atoms with Crippen LogP contribution in [0.5, 0.6) is 0 Å². The molecule has 0 radical (unpaired) electrons. The van der Waals surface area contributed by atoms with Gasteiger partial charge >= 0.3 is 0 Å². The number of thiophene rings is 1. The Hall–Kier alpha value is -1.21. The molecule has 1 aliphatic carbocycles. The minimum atomic E-state index is -3.45. The Labute approximate surface area is 154 Å². The molecule has 134 valence electrons. The molecule has 6 heteroatoms. The number of sulfonamides is 1. The van der Waals surface area contributed by atoms with Gasteiger partial charge in [-0.15, -0.1) is 11.3 Å². The van der Waals surface area contributed by atoms with E-state index in [4.69, 9.17) is 0 Å². The molecule has 2 aliphatic rings. The Morgan fingerprint density at radius 1 is 1.08 bits per heavy atom. The minimum Gasteiger partial charge on any atom is -0.297 e. The van der Waals surface area contributed by atoms with Crippen molar-refractivity contribution in [2.24, 2.45) is 0 Å². The summed E-state index contributed by atoms with van der Waals surface area (Å²) in [6.07, 6.45) is 3.37. The zero-order valence-corrected chi connectivity index (χ0v) is 16.1. The van der Waals surface area contributed by atoms with Crippen LogP contribution in [0.1, 0.15) is 36.2 Å². The van der Waals surface area contributed by atoms with Gasteiger partial charge in [0.15, 0.2) is 0 Å². The van der Waals surface area contributed by atoms with Crippen molar-refractivity contribution in [2.75, 3.05) is 19.6 Å². The largest absolute Gasteiger partial charge is 0.297 e. The smallest absolute Gasteiger partial charge is 0.253 e. The molecule has 1 aromatic carbocycles. The SMILES string of the molecule is CCc1ccc(S(=O)(=O)N2CCN(C3CC3)CC2c2ccccc2)s1. The van der Waals surface area contributed by atoms with Crippen molar-refractivity contribution >= 4 is 21.4 Å². The Bertz CT molecular complexity index is 828. The molecule has 2 fully saturated rings. The number of aryl methyl sites for hydroxylation is 1. The fourth-order valence-electron chi connectivity index (χ4n) is 3.60. The Morgan fingerprint density at radius 2 is 1.84 bits per heavy atom. The lowest BCUT2D eigenvalue weighted by Crippen LogP contribution is -2.51. The molecule has 1 saturated heterocycles. The predicted molar refractivity (Wildman–Crippen MR) is 101 cm³/mol. The van der Waals surface area contributed by atoms with Crippen molar-refractivity contribution in [3.8, 4) is 0 Å². The minimum absolute atomic E-state index is 0.104. The lowest BCUT2D eigenvalue weighted by molar-refractivity contribution is 0.129. The van der Waals surface area contributed by atoms with Crippen LogP contribution < -0.4 is 0 Å². The topological polar surface area (TPSA) is 40.6 Å². The molecule has 0 amide bonds. The van der Waals surface area contributed by atoms with Gasteiger partial charge in [0, 0.05) is 30.6 Å². The highest BCUT2D eigenvalue weighted by molar-refractivity contribution is 7.91. The molecule has 1 atom stereocenters. The van der Waals surface area contributed by atoms with Gasteiger partial charge in [-0.2, -0.15) is 4.31 Å². The second kappa shape index (κ2) is 6.83. The van der Waals surface area contributed by atoms with Crippen molar-refractivity contribution in [3.63, 3.8) is 0 Å². The maximum atomic E-state index is 13.3. The summed E-state index contributed by atoms with van der Waals surface area (Å²) in [5.74, 6) is 0. The molecular formula is C19H24N2O2S2. The van der Waals surface area contributed by atoms with Crippen LogP contribution in [-0.2, 0) is 16.4 Å². The van der Waals surface area contributed by atoms with E-state index in [9.17, 15) is 8.42 Å². The highest BCUT2D eigenvalue weighted by Crippen LogP contribution is 2.37. The van der Waals surface area contributed by atoms with Crippen molar-refractivity contribution in [3.05, 3.63) is 52.9 Å². The van der Waals surface area contributed by atoms with Crippen molar-refractivity contribution in [1.82, 2.24) is 9.21 Å². The molecule has 4 rings (SSSR count). The first kappa shape index (κ1) is 17.2. The van der Waals surface area contributed by atoms with Crippen LogP contribution in [0, 0.1) is 0 Å². The molecule has 25 heavy (non-hydrogen) atoms. The summed E-state index contributed by atoms with van der Waals surface area (Å²) >= 11 is 1.41. The van der Waals surface area contributed by atoms with Crippen LogP contribution in [-0.4, -0.2) is 43.3 Å². The van der Waals surface area contributed by atoms with E-state index in [1.54, 1.807) is 10.4 Å². The van der Waals surface area contributed by atoms with Gasteiger partial charge in [0.1, 0.15) is 4.21 Å². The Balaban J connectivity index is 1.67. The zero-order chi connectivity index (χ0) is 17.4. The number of benzene rings is 1. The number of hydrogen-bond acceptors (Lipinski definition) is 4.